The molecular formula is C11H16N2O5. The van der Waals surface area contributed by atoms with Gasteiger partial charge in [0.25, 0.3) is 5.91 Å². The van der Waals surface area contributed by atoms with Crippen LogP contribution < -0.4 is 5.48 Å². The highest BCUT2D eigenvalue weighted by molar-refractivity contribution is 5.91. The summed E-state index contributed by atoms with van der Waals surface area (Å²) >= 11 is 0. The summed E-state index contributed by atoms with van der Waals surface area (Å²) in [5.74, 6) is -0.416. The lowest BCUT2D eigenvalue weighted by molar-refractivity contribution is -0.143. The van der Waals surface area contributed by atoms with Crippen molar-refractivity contribution in [3.8, 4) is 0 Å². The maximum atomic E-state index is 11.5. The van der Waals surface area contributed by atoms with E-state index in [4.69, 9.17) is 9.57 Å². The second kappa shape index (κ2) is 5.92. The maximum Gasteiger partial charge on any atom is 0.273 e. The Balaban J connectivity index is 1.59. The minimum Gasteiger partial charge on any atom is -0.360 e. The van der Waals surface area contributed by atoms with Gasteiger partial charge in [-0.25, -0.2) is 5.48 Å². The lowest BCUT2D eigenvalue weighted by Crippen LogP contribution is -2.37. The van der Waals surface area contributed by atoms with Crippen molar-refractivity contribution in [2.45, 2.75) is 25.4 Å². The van der Waals surface area contributed by atoms with Gasteiger partial charge in [-0.2, -0.15) is 0 Å². The van der Waals surface area contributed by atoms with Gasteiger partial charge < -0.3 is 9.64 Å². The van der Waals surface area contributed by atoms with Gasteiger partial charge in [-0.05, 0) is 6.42 Å². The van der Waals surface area contributed by atoms with Crippen molar-refractivity contribution >= 4 is 17.6 Å². The minimum atomic E-state index is -0.745. The van der Waals surface area contributed by atoms with Crippen LogP contribution in [0.3, 0.4) is 0 Å². The van der Waals surface area contributed by atoms with Gasteiger partial charge in [-0.15, -0.1) is 0 Å². The van der Waals surface area contributed by atoms with Crippen molar-refractivity contribution in [2.24, 2.45) is 0 Å². The Morgan fingerprint density at radius 2 is 2.33 bits per heavy atom. The Labute approximate surface area is 104 Å². The topological polar surface area (TPSA) is 84.9 Å². The van der Waals surface area contributed by atoms with Gasteiger partial charge in [-0.3, -0.25) is 19.2 Å². The number of Topliss-reactive ketones (excluding diaryl/α,β-unsaturated/α-hetero) is 1. The normalized spacial score (nSPS) is 23.8. The highest BCUT2D eigenvalue weighted by Gasteiger charge is 2.29. The molecule has 1 atom stereocenters. The number of nitrogens with zero attached hydrogens (tertiary/aromatic N) is 1. The molecular weight excluding hydrogens is 240 g/mol. The summed E-state index contributed by atoms with van der Waals surface area (Å²) in [6, 6.07) is 0. The number of ketones is 1. The second-order valence-corrected chi connectivity index (χ2v) is 4.34. The first-order valence-electron chi connectivity index (χ1n) is 5.99. The summed E-state index contributed by atoms with van der Waals surface area (Å²) in [6.07, 6.45) is 0.818. The molecule has 2 aliphatic heterocycles. The summed E-state index contributed by atoms with van der Waals surface area (Å²) in [4.78, 5) is 40.3. The summed E-state index contributed by atoms with van der Waals surface area (Å²) < 4.78 is 4.97. The predicted molar refractivity (Wildman–Crippen MR) is 59.3 cm³/mol. The number of amides is 2. The van der Waals surface area contributed by atoms with Gasteiger partial charge >= 0.3 is 0 Å². The Bertz CT molecular complexity index is 357. The number of hydrogen-bond donors (Lipinski definition) is 1. The molecule has 0 spiro atoms. The number of nitrogens with one attached hydrogen (secondary N) is 1. The van der Waals surface area contributed by atoms with Gasteiger partial charge in [0.15, 0.2) is 5.78 Å². The average molecular weight is 256 g/mol. The molecule has 0 saturated carbocycles. The van der Waals surface area contributed by atoms with Crippen LogP contribution >= 0.6 is 0 Å². The Morgan fingerprint density at radius 3 is 2.94 bits per heavy atom. The highest BCUT2D eigenvalue weighted by atomic mass is 16.7. The van der Waals surface area contributed by atoms with E-state index < -0.39 is 12.0 Å². The SMILES string of the molecule is O=C1COC(C(=O)NOCCN2CCCC2=O)C1. The smallest absolute Gasteiger partial charge is 0.273 e. The summed E-state index contributed by atoms with van der Waals surface area (Å²) in [7, 11) is 0. The predicted octanol–water partition coefficient (Wildman–Crippen LogP) is -0.985. The average Bonchev–Trinajstić information content (AvgIpc) is 2.94. The van der Waals surface area contributed by atoms with E-state index in [9.17, 15) is 14.4 Å². The number of carbonyl (C=O) groups is 3. The quantitative estimate of drug-likeness (QED) is 0.504. The van der Waals surface area contributed by atoms with Crippen molar-refractivity contribution in [1.29, 1.82) is 0 Å². The van der Waals surface area contributed by atoms with E-state index in [1.54, 1.807) is 4.90 Å². The molecule has 18 heavy (non-hydrogen) atoms. The monoisotopic (exact) mass is 256 g/mol. The van der Waals surface area contributed by atoms with E-state index in [2.05, 4.69) is 5.48 Å². The van der Waals surface area contributed by atoms with E-state index >= 15 is 0 Å². The maximum absolute atomic E-state index is 11.5. The van der Waals surface area contributed by atoms with Crippen LogP contribution in [-0.4, -0.2) is 54.9 Å². The molecule has 1 unspecified atom stereocenters. The number of likely N-dealkylation sites (tertiary alicyclic amines) is 1. The van der Waals surface area contributed by atoms with Crippen molar-refractivity contribution in [3.63, 3.8) is 0 Å². The van der Waals surface area contributed by atoms with Crippen LogP contribution in [0.4, 0.5) is 0 Å². The fourth-order valence-electron chi connectivity index (χ4n) is 1.97. The zero-order valence-corrected chi connectivity index (χ0v) is 10.0. The summed E-state index contributed by atoms with van der Waals surface area (Å²) in [6.45, 7) is 1.43. The second-order valence-electron chi connectivity index (χ2n) is 4.34. The Hall–Kier alpha value is -1.47. The molecule has 0 aromatic heterocycles. The lowest BCUT2D eigenvalue weighted by atomic mass is 10.2. The van der Waals surface area contributed by atoms with E-state index in [0.717, 1.165) is 13.0 Å². The van der Waals surface area contributed by atoms with Gasteiger partial charge in [0.1, 0.15) is 12.7 Å². The third-order valence-electron chi connectivity index (χ3n) is 2.96. The molecule has 2 saturated heterocycles. The summed E-state index contributed by atoms with van der Waals surface area (Å²) in [5, 5.41) is 0. The molecule has 2 amide bonds. The van der Waals surface area contributed by atoms with Crippen molar-refractivity contribution < 1.29 is 24.0 Å². The van der Waals surface area contributed by atoms with E-state index in [0.29, 0.717) is 13.0 Å². The first-order chi connectivity index (χ1) is 8.66. The van der Waals surface area contributed by atoms with E-state index in [-0.39, 0.29) is 31.3 Å². The van der Waals surface area contributed by atoms with Gasteiger partial charge in [0.2, 0.25) is 5.91 Å². The highest BCUT2D eigenvalue weighted by Crippen LogP contribution is 2.09. The number of rotatable bonds is 5. The number of hydroxylamine groups is 1. The van der Waals surface area contributed by atoms with Crippen LogP contribution in [0.1, 0.15) is 19.3 Å². The van der Waals surface area contributed by atoms with E-state index in [1.807, 2.05) is 0 Å². The summed E-state index contributed by atoms with van der Waals surface area (Å²) in [5.41, 5.74) is 2.23. The molecule has 2 rings (SSSR count). The van der Waals surface area contributed by atoms with Crippen LogP contribution in [0.25, 0.3) is 0 Å². The molecule has 0 bridgehead atoms. The number of carbonyl (C=O) groups excluding carboxylic acids is 3. The molecule has 100 valence electrons. The van der Waals surface area contributed by atoms with Crippen molar-refractivity contribution in [1.82, 2.24) is 10.4 Å². The largest absolute Gasteiger partial charge is 0.360 e. The van der Waals surface area contributed by atoms with Crippen LogP contribution in [0.5, 0.6) is 0 Å². The molecule has 2 aliphatic rings. The molecule has 0 aromatic rings. The lowest BCUT2D eigenvalue weighted by Gasteiger charge is -2.15. The zero-order chi connectivity index (χ0) is 13.0. The first-order valence-corrected chi connectivity index (χ1v) is 5.99. The fourth-order valence-corrected chi connectivity index (χ4v) is 1.97. The standard InChI is InChI=1S/C11H16N2O5/c14-8-6-9(17-7-8)11(16)12-18-5-4-13-3-1-2-10(13)15/h9H,1-7H2,(H,12,16). The molecule has 7 nitrogen and oxygen atoms in total. The zero-order valence-electron chi connectivity index (χ0n) is 10.0. The van der Waals surface area contributed by atoms with Gasteiger partial charge in [-0.1, -0.05) is 0 Å². The van der Waals surface area contributed by atoms with Crippen LogP contribution in [0.2, 0.25) is 0 Å². The first kappa shape index (κ1) is 13.0. The molecule has 2 fully saturated rings. The Morgan fingerprint density at radius 1 is 1.50 bits per heavy atom. The third-order valence-corrected chi connectivity index (χ3v) is 2.96. The molecule has 0 aliphatic carbocycles. The van der Waals surface area contributed by atoms with Crippen LogP contribution in [-0.2, 0) is 24.0 Å². The number of hydrogen-bond acceptors (Lipinski definition) is 5. The molecule has 1 N–H and O–H groups in total. The van der Waals surface area contributed by atoms with Gasteiger partial charge in [0, 0.05) is 25.9 Å². The van der Waals surface area contributed by atoms with E-state index in [1.165, 1.54) is 0 Å². The number of ether oxygens (including phenoxy) is 1. The molecule has 0 radical (unpaired) electrons. The molecule has 7 heteroatoms. The van der Waals surface area contributed by atoms with Crippen molar-refractivity contribution in [2.75, 3.05) is 26.3 Å². The minimum absolute atomic E-state index is 0.0135. The van der Waals surface area contributed by atoms with Crippen LogP contribution in [0, 0.1) is 0 Å². The third kappa shape index (κ3) is 3.27. The molecule has 2 heterocycles. The van der Waals surface area contributed by atoms with Crippen LogP contribution in [0.15, 0.2) is 0 Å². The molecule has 0 aromatic carbocycles. The van der Waals surface area contributed by atoms with Gasteiger partial charge in [0.05, 0.1) is 6.61 Å². The van der Waals surface area contributed by atoms with Crippen molar-refractivity contribution in [3.05, 3.63) is 0 Å². The fraction of sp³-hybridized carbons (Fsp3) is 0.727. The Kier molecular flexibility index (Phi) is 4.27.